The second kappa shape index (κ2) is 15.4. The van der Waals surface area contributed by atoms with Gasteiger partial charge in [0.2, 0.25) is 5.60 Å². The maximum Gasteiger partial charge on any atom is 0.425 e. The number of halogens is 6. The molecule has 276 valence electrons. The molecule has 0 spiro atoms. The summed E-state index contributed by atoms with van der Waals surface area (Å²) in [6.45, 7) is 2.79. The summed E-state index contributed by atoms with van der Waals surface area (Å²) >= 11 is 6.71. The number of amides is 2. The van der Waals surface area contributed by atoms with Gasteiger partial charge in [0.15, 0.2) is 0 Å². The van der Waals surface area contributed by atoms with Gasteiger partial charge >= 0.3 is 12.1 Å². The molecule has 0 bridgehead atoms. The summed E-state index contributed by atoms with van der Waals surface area (Å²) in [6.07, 6.45) is -1.45. The number of piperidine rings is 1. The van der Waals surface area contributed by atoms with Crippen LogP contribution in [0.3, 0.4) is 0 Å². The number of hydrogen-bond acceptors (Lipinski definition) is 7. The van der Waals surface area contributed by atoms with E-state index < -0.39 is 63.7 Å². The monoisotopic (exact) mass is 755 g/mol. The van der Waals surface area contributed by atoms with Gasteiger partial charge in [0, 0.05) is 55.5 Å². The summed E-state index contributed by atoms with van der Waals surface area (Å²) in [5.41, 5.74) is -1.39. The predicted octanol–water partition coefficient (Wildman–Crippen LogP) is 8.62. The van der Waals surface area contributed by atoms with Crippen LogP contribution in [-0.2, 0) is 32.8 Å². The Morgan fingerprint density at radius 1 is 1.08 bits per heavy atom. The summed E-state index contributed by atoms with van der Waals surface area (Å²) in [7, 11) is 1.26. The van der Waals surface area contributed by atoms with E-state index in [0.29, 0.717) is 42.5 Å². The highest BCUT2D eigenvalue weighted by Crippen LogP contribution is 2.45. The molecule has 2 aliphatic rings. The first-order valence-electron chi connectivity index (χ1n) is 16.8. The molecule has 0 N–H and O–H groups in total. The molecule has 1 aromatic carbocycles. The van der Waals surface area contributed by atoms with Crippen molar-refractivity contribution < 1.29 is 45.8 Å². The Balaban J connectivity index is 1.66. The van der Waals surface area contributed by atoms with Gasteiger partial charge in [0.05, 0.1) is 24.8 Å². The van der Waals surface area contributed by atoms with Crippen LogP contribution in [0.4, 0.5) is 22.0 Å². The van der Waals surface area contributed by atoms with E-state index in [-0.39, 0.29) is 50.9 Å². The van der Waals surface area contributed by atoms with Crippen molar-refractivity contribution in [3.8, 4) is 5.75 Å². The number of carbonyl (C=O) groups excluding carboxylic acids is 3. The third-order valence-corrected chi connectivity index (χ3v) is 10.7. The Hall–Kier alpha value is -3.78. The van der Waals surface area contributed by atoms with Gasteiger partial charge in [-0.05, 0) is 61.1 Å². The van der Waals surface area contributed by atoms with Crippen LogP contribution in [0.1, 0.15) is 96.9 Å². The molecule has 2 aromatic heterocycles. The molecule has 15 heteroatoms. The summed E-state index contributed by atoms with van der Waals surface area (Å²) < 4.78 is 82.2. The molecular weight excluding hydrogens is 717 g/mol. The third-order valence-electron chi connectivity index (χ3n) is 9.53. The van der Waals surface area contributed by atoms with Crippen LogP contribution in [0.5, 0.6) is 5.75 Å². The van der Waals surface area contributed by atoms with E-state index in [9.17, 15) is 31.5 Å². The number of pyridine rings is 1. The lowest BCUT2D eigenvalue weighted by Gasteiger charge is -2.51. The third kappa shape index (κ3) is 8.16. The SMILES string of the molecule is CCCCC1N(C(=O)c2ncccc2C(C)(F)F)CCCC1(Oc1csc(C(F)(F)F)c1)C(=O)N1CCc2cc(Cl)ccc2C1CCC(=O)OC. The van der Waals surface area contributed by atoms with Crippen LogP contribution in [0.25, 0.3) is 0 Å². The second-order valence-corrected chi connectivity index (χ2v) is 14.3. The minimum absolute atomic E-state index is 0.0217. The largest absolute Gasteiger partial charge is 0.474 e. The number of benzene rings is 1. The molecule has 0 aliphatic carbocycles. The second-order valence-electron chi connectivity index (χ2n) is 12.9. The Labute approximate surface area is 301 Å². The van der Waals surface area contributed by atoms with Gasteiger partial charge in [0.1, 0.15) is 16.3 Å². The molecule has 5 rings (SSSR count). The van der Waals surface area contributed by atoms with Gasteiger partial charge in [-0.15, -0.1) is 11.3 Å². The van der Waals surface area contributed by atoms with Crippen molar-refractivity contribution in [2.24, 2.45) is 0 Å². The number of nitrogens with zero attached hydrogens (tertiary/aromatic N) is 3. The number of carbonyl (C=O) groups is 3. The predicted molar refractivity (Wildman–Crippen MR) is 181 cm³/mol. The first-order chi connectivity index (χ1) is 24.1. The molecular formula is C36H39ClF5N3O5S. The molecule has 51 heavy (non-hydrogen) atoms. The van der Waals surface area contributed by atoms with E-state index in [2.05, 4.69) is 4.98 Å². The zero-order chi connectivity index (χ0) is 37.1. The highest BCUT2D eigenvalue weighted by atomic mass is 35.5. The van der Waals surface area contributed by atoms with Crippen molar-refractivity contribution in [2.45, 2.75) is 95.0 Å². The number of unbranched alkanes of at least 4 members (excludes halogenated alkanes) is 1. The minimum Gasteiger partial charge on any atom is -0.474 e. The number of esters is 1. The van der Waals surface area contributed by atoms with E-state index in [1.54, 1.807) is 23.1 Å². The molecule has 3 unspecified atom stereocenters. The normalized spacial score (nSPS) is 20.9. The zero-order valence-corrected chi connectivity index (χ0v) is 30.0. The van der Waals surface area contributed by atoms with E-state index in [0.717, 1.165) is 23.3 Å². The van der Waals surface area contributed by atoms with Crippen LogP contribution in [0.2, 0.25) is 5.02 Å². The van der Waals surface area contributed by atoms with Crippen molar-refractivity contribution in [2.75, 3.05) is 20.2 Å². The first kappa shape index (κ1) is 38.5. The maximum atomic E-state index is 15.4. The number of rotatable bonds is 11. The smallest absolute Gasteiger partial charge is 0.425 e. The molecule has 1 fully saturated rings. The summed E-state index contributed by atoms with van der Waals surface area (Å²) in [5, 5.41) is 1.66. The Kier molecular flexibility index (Phi) is 11.6. The van der Waals surface area contributed by atoms with Gasteiger partial charge in [0.25, 0.3) is 17.7 Å². The van der Waals surface area contributed by atoms with Crippen molar-refractivity contribution in [1.82, 2.24) is 14.8 Å². The van der Waals surface area contributed by atoms with Crippen LogP contribution in [0.15, 0.2) is 48.0 Å². The van der Waals surface area contributed by atoms with Gasteiger partial charge in [-0.1, -0.05) is 37.4 Å². The van der Waals surface area contributed by atoms with Gasteiger partial charge < -0.3 is 19.3 Å². The number of fused-ring (bicyclic) bond motifs is 1. The average Bonchev–Trinajstić information content (AvgIpc) is 3.57. The van der Waals surface area contributed by atoms with Crippen LogP contribution < -0.4 is 4.74 Å². The average molecular weight is 756 g/mol. The van der Waals surface area contributed by atoms with Crippen molar-refractivity contribution in [1.29, 1.82) is 0 Å². The fourth-order valence-electron chi connectivity index (χ4n) is 7.16. The van der Waals surface area contributed by atoms with Crippen molar-refractivity contribution in [3.05, 3.63) is 80.3 Å². The lowest BCUT2D eigenvalue weighted by molar-refractivity contribution is -0.163. The Bertz CT molecular complexity index is 1750. The number of alkyl halides is 5. The molecule has 3 atom stereocenters. The van der Waals surface area contributed by atoms with E-state index in [1.165, 1.54) is 29.7 Å². The number of thiophene rings is 1. The Morgan fingerprint density at radius 3 is 2.51 bits per heavy atom. The Morgan fingerprint density at radius 2 is 1.84 bits per heavy atom. The molecule has 0 saturated carbocycles. The fourth-order valence-corrected chi connectivity index (χ4v) is 8.03. The van der Waals surface area contributed by atoms with Gasteiger partial charge in [-0.2, -0.15) is 13.2 Å². The van der Waals surface area contributed by atoms with E-state index in [4.69, 9.17) is 21.1 Å². The number of aromatic nitrogens is 1. The van der Waals surface area contributed by atoms with Gasteiger partial charge in [-0.3, -0.25) is 19.4 Å². The first-order valence-corrected chi connectivity index (χ1v) is 18.0. The van der Waals surface area contributed by atoms with E-state index in [1.807, 2.05) is 6.92 Å². The van der Waals surface area contributed by atoms with E-state index >= 15 is 4.79 Å². The lowest BCUT2D eigenvalue weighted by atomic mass is 9.78. The van der Waals surface area contributed by atoms with Crippen molar-refractivity contribution in [3.63, 3.8) is 0 Å². The summed E-state index contributed by atoms with van der Waals surface area (Å²) in [6, 6.07) is 6.74. The maximum absolute atomic E-state index is 15.4. The number of ether oxygens (including phenoxy) is 2. The minimum atomic E-state index is -4.67. The van der Waals surface area contributed by atoms with Crippen LogP contribution in [0, 0.1) is 0 Å². The molecule has 3 aromatic rings. The van der Waals surface area contributed by atoms with Gasteiger partial charge in [-0.25, -0.2) is 8.78 Å². The van der Waals surface area contributed by atoms with Crippen LogP contribution in [-0.4, -0.2) is 64.4 Å². The standard InChI is InChI=1S/C36H39ClF5N3O5S/c1-4-5-9-28-35(50-24-20-29(51-21-24)36(40,41)42,15-7-17-45(28)32(47)31-26(34(2,38)39)8-6-16-43-31)33(48)44-18-14-22-19-23(37)10-11-25(22)27(44)12-13-30(46)49-3/h6,8,10-11,16,19-21,27-28H,4-5,7,9,12-15,17-18H2,1-3H3. The number of methoxy groups -OCH3 is 1. The molecule has 2 amide bonds. The van der Waals surface area contributed by atoms with Crippen molar-refractivity contribution >= 4 is 40.7 Å². The highest BCUT2D eigenvalue weighted by Gasteiger charge is 2.57. The number of likely N-dealkylation sites (tertiary alicyclic amines) is 1. The topological polar surface area (TPSA) is 89.0 Å². The molecule has 2 aliphatic heterocycles. The fraction of sp³-hybridized carbons (Fsp3) is 0.500. The number of hydrogen-bond donors (Lipinski definition) is 0. The lowest BCUT2D eigenvalue weighted by Crippen LogP contribution is -2.68. The summed E-state index contributed by atoms with van der Waals surface area (Å²) in [4.78, 5) is 48.0. The zero-order valence-electron chi connectivity index (χ0n) is 28.4. The molecule has 4 heterocycles. The molecule has 8 nitrogen and oxygen atoms in total. The quantitative estimate of drug-likeness (QED) is 0.144. The molecule has 1 saturated heterocycles. The highest BCUT2D eigenvalue weighted by molar-refractivity contribution is 7.10. The van der Waals surface area contributed by atoms with Crippen LogP contribution >= 0.6 is 22.9 Å². The molecule has 0 radical (unpaired) electrons. The summed E-state index contributed by atoms with van der Waals surface area (Å²) in [5.74, 6) is -5.54.